The molecule has 0 spiro atoms. The van der Waals surface area contributed by atoms with Crippen molar-refractivity contribution in [2.45, 2.75) is 19.8 Å². The Morgan fingerprint density at radius 3 is 2.20 bits per heavy atom. The standard InChI is InChI=1S/C14H21NO5/c1-5-6-7-20-14(16)15-10-8-12(18-3)13(19-4)9-11(10)17-2/h8-9H,5-7H2,1-4H3,(H,15,16). The van der Waals surface area contributed by atoms with Gasteiger partial charge in [0, 0.05) is 12.1 Å². The Bertz CT molecular complexity index is 447. The topological polar surface area (TPSA) is 66.0 Å². The minimum atomic E-state index is -0.524. The van der Waals surface area contributed by atoms with E-state index in [2.05, 4.69) is 5.32 Å². The van der Waals surface area contributed by atoms with Crippen LogP contribution >= 0.6 is 0 Å². The summed E-state index contributed by atoms with van der Waals surface area (Å²) in [5, 5.41) is 2.62. The van der Waals surface area contributed by atoms with Crippen LogP contribution < -0.4 is 19.5 Å². The van der Waals surface area contributed by atoms with Gasteiger partial charge in [0.2, 0.25) is 0 Å². The maximum Gasteiger partial charge on any atom is 0.411 e. The average Bonchev–Trinajstić information content (AvgIpc) is 2.47. The molecule has 0 bridgehead atoms. The zero-order valence-corrected chi connectivity index (χ0v) is 12.3. The molecule has 0 aromatic heterocycles. The molecule has 1 N–H and O–H groups in total. The van der Waals surface area contributed by atoms with Gasteiger partial charge in [0.1, 0.15) is 5.75 Å². The van der Waals surface area contributed by atoms with E-state index < -0.39 is 6.09 Å². The van der Waals surface area contributed by atoms with Crippen LogP contribution in [0.3, 0.4) is 0 Å². The van der Waals surface area contributed by atoms with E-state index in [1.54, 1.807) is 12.1 Å². The fourth-order valence-electron chi connectivity index (χ4n) is 1.58. The molecular formula is C14H21NO5. The highest BCUT2D eigenvalue weighted by molar-refractivity contribution is 5.87. The van der Waals surface area contributed by atoms with E-state index in [1.165, 1.54) is 21.3 Å². The molecule has 0 aliphatic carbocycles. The molecule has 0 heterocycles. The van der Waals surface area contributed by atoms with E-state index in [4.69, 9.17) is 18.9 Å². The van der Waals surface area contributed by atoms with Crippen LogP contribution in [-0.2, 0) is 4.74 Å². The first-order chi connectivity index (χ1) is 9.65. The lowest BCUT2D eigenvalue weighted by molar-refractivity contribution is 0.160. The Labute approximate surface area is 119 Å². The summed E-state index contributed by atoms with van der Waals surface area (Å²) < 4.78 is 20.6. The van der Waals surface area contributed by atoms with Crippen molar-refractivity contribution in [1.82, 2.24) is 0 Å². The van der Waals surface area contributed by atoms with Crippen molar-refractivity contribution in [3.8, 4) is 17.2 Å². The van der Waals surface area contributed by atoms with Gasteiger partial charge >= 0.3 is 6.09 Å². The highest BCUT2D eigenvalue weighted by Gasteiger charge is 2.14. The summed E-state index contributed by atoms with van der Waals surface area (Å²) in [4.78, 5) is 11.6. The van der Waals surface area contributed by atoms with E-state index in [0.717, 1.165) is 12.8 Å². The molecule has 1 aromatic carbocycles. The second-order valence-electron chi connectivity index (χ2n) is 4.02. The van der Waals surface area contributed by atoms with E-state index >= 15 is 0 Å². The van der Waals surface area contributed by atoms with Crippen LogP contribution in [0.4, 0.5) is 10.5 Å². The third kappa shape index (κ3) is 4.22. The van der Waals surface area contributed by atoms with Gasteiger partial charge in [0.15, 0.2) is 11.5 Å². The fraction of sp³-hybridized carbons (Fsp3) is 0.500. The number of methoxy groups -OCH3 is 3. The van der Waals surface area contributed by atoms with Gasteiger partial charge in [-0.25, -0.2) is 4.79 Å². The summed E-state index contributed by atoms with van der Waals surface area (Å²) in [6.45, 7) is 2.41. The summed E-state index contributed by atoms with van der Waals surface area (Å²) in [6.07, 6.45) is 1.27. The summed E-state index contributed by atoms with van der Waals surface area (Å²) in [7, 11) is 4.56. The molecule has 0 atom stereocenters. The molecule has 0 aliphatic heterocycles. The molecule has 0 fully saturated rings. The number of carbonyl (C=O) groups is 1. The van der Waals surface area contributed by atoms with Gasteiger partial charge in [-0.3, -0.25) is 5.32 Å². The summed E-state index contributed by atoms with van der Waals surface area (Å²) in [5.41, 5.74) is 0.464. The first kappa shape index (κ1) is 15.9. The van der Waals surface area contributed by atoms with Crippen LogP contribution in [0.5, 0.6) is 17.2 Å². The molecular weight excluding hydrogens is 262 g/mol. The van der Waals surface area contributed by atoms with Crippen LogP contribution in [-0.4, -0.2) is 34.0 Å². The Morgan fingerprint density at radius 1 is 1.05 bits per heavy atom. The van der Waals surface area contributed by atoms with Gasteiger partial charge in [-0.05, 0) is 6.42 Å². The number of carbonyl (C=O) groups excluding carboxylic acids is 1. The lowest BCUT2D eigenvalue weighted by Gasteiger charge is -2.14. The predicted molar refractivity (Wildman–Crippen MR) is 76.0 cm³/mol. The number of hydrogen-bond donors (Lipinski definition) is 1. The SMILES string of the molecule is CCCCOC(=O)Nc1cc(OC)c(OC)cc1OC. The molecule has 1 amide bonds. The molecule has 0 unspecified atom stereocenters. The maximum atomic E-state index is 11.6. The first-order valence-electron chi connectivity index (χ1n) is 6.40. The van der Waals surface area contributed by atoms with Crippen LogP contribution in [0, 0.1) is 0 Å². The third-order valence-electron chi connectivity index (χ3n) is 2.67. The second-order valence-corrected chi connectivity index (χ2v) is 4.02. The largest absolute Gasteiger partial charge is 0.494 e. The minimum absolute atomic E-state index is 0.387. The molecule has 20 heavy (non-hydrogen) atoms. The maximum absolute atomic E-state index is 11.6. The molecule has 1 aromatic rings. The summed E-state index contributed by atoms with van der Waals surface area (Å²) in [6, 6.07) is 3.26. The van der Waals surface area contributed by atoms with Gasteiger partial charge in [-0.1, -0.05) is 13.3 Å². The van der Waals surface area contributed by atoms with Crippen molar-refractivity contribution < 1.29 is 23.7 Å². The molecule has 0 aliphatic rings. The Morgan fingerprint density at radius 2 is 1.65 bits per heavy atom. The van der Waals surface area contributed by atoms with Gasteiger partial charge in [-0.2, -0.15) is 0 Å². The van der Waals surface area contributed by atoms with Crippen LogP contribution in [0.15, 0.2) is 12.1 Å². The lowest BCUT2D eigenvalue weighted by atomic mass is 10.2. The van der Waals surface area contributed by atoms with Gasteiger partial charge < -0.3 is 18.9 Å². The Kier molecular flexibility index (Phi) is 6.49. The number of rotatable bonds is 7. The molecule has 0 saturated carbocycles. The van der Waals surface area contributed by atoms with Crippen LogP contribution in [0.2, 0.25) is 0 Å². The third-order valence-corrected chi connectivity index (χ3v) is 2.67. The second kappa shape index (κ2) is 8.14. The van der Waals surface area contributed by atoms with Gasteiger partial charge in [0.05, 0.1) is 33.6 Å². The number of unbranched alkanes of at least 4 members (excludes halogenated alkanes) is 1. The highest BCUT2D eigenvalue weighted by atomic mass is 16.5. The van der Waals surface area contributed by atoms with Crippen molar-refractivity contribution >= 4 is 11.8 Å². The van der Waals surface area contributed by atoms with Crippen LogP contribution in [0.1, 0.15) is 19.8 Å². The molecule has 112 valence electrons. The normalized spacial score (nSPS) is 9.80. The van der Waals surface area contributed by atoms with Crippen molar-refractivity contribution in [2.75, 3.05) is 33.3 Å². The Hall–Kier alpha value is -2.11. The number of nitrogens with one attached hydrogen (secondary N) is 1. The number of amides is 1. The molecule has 6 nitrogen and oxygen atoms in total. The van der Waals surface area contributed by atoms with Gasteiger partial charge in [0.25, 0.3) is 0 Å². The van der Waals surface area contributed by atoms with Gasteiger partial charge in [-0.15, -0.1) is 0 Å². The van der Waals surface area contributed by atoms with E-state index in [1.807, 2.05) is 6.92 Å². The first-order valence-corrected chi connectivity index (χ1v) is 6.40. The van der Waals surface area contributed by atoms with Crippen molar-refractivity contribution in [3.63, 3.8) is 0 Å². The highest BCUT2D eigenvalue weighted by Crippen LogP contribution is 2.37. The van der Waals surface area contributed by atoms with E-state index in [0.29, 0.717) is 29.5 Å². The smallest absolute Gasteiger partial charge is 0.411 e. The number of benzene rings is 1. The van der Waals surface area contributed by atoms with Crippen molar-refractivity contribution in [2.24, 2.45) is 0 Å². The van der Waals surface area contributed by atoms with Crippen molar-refractivity contribution in [3.05, 3.63) is 12.1 Å². The number of anilines is 1. The Balaban J connectivity index is 2.84. The number of ether oxygens (including phenoxy) is 4. The van der Waals surface area contributed by atoms with Crippen molar-refractivity contribution in [1.29, 1.82) is 0 Å². The minimum Gasteiger partial charge on any atom is -0.494 e. The lowest BCUT2D eigenvalue weighted by Crippen LogP contribution is -2.15. The number of hydrogen-bond acceptors (Lipinski definition) is 5. The molecule has 0 saturated heterocycles. The average molecular weight is 283 g/mol. The van der Waals surface area contributed by atoms with E-state index in [-0.39, 0.29) is 0 Å². The fourth-order valence-corrected chi connectivity index (χ4v) is 1.58. The molecule has 6 heteroatoms. The molecule has 0 radical (unpaired) electrons. The summed E-state index contributed by atoms with van der Waals surface area (Å²) in [5.74, 6) is 1.49. The quantitative estimate of drug-likeness (QED) is 0.779. The van der Waals surface area contributed by atoms with E-state index in [9.17, 15) is 4.79 Å². The summed E-state index contributed by atoms with van der Waals surface area (Å²) >= 11 is 0. The predicted octanol–water partition coefficient (Wildman–Crippen LogP) is 3.06. The zero-order valence-electron chi connectivity index (χ0n) is 12.3. The zero-order chi connectivity index (χ0) is 15.0. The van der Waals surface area contributed by atoms with Crippen LogP contribution in [0.25, 0.3) is 0 Å². The molecule has 1 rings (SSSR count). The monoisotopic (exact) mass is 283 g/mol.